The van der Waals surface area contributed by atoms with Crippen LogP contribution in [-0.2, 0) is 6.54 Å². The summed E-state index contributed by atoms with van der Waals surface area (Å²) in [5.74, 6) is 0.691. The molecule has 4 aromatic heterocycles. The molecule has 0 atom stereocenters. The average molecular weight is 460 g/mol. The van der Waals surface area contributed by atoms with E-state index < -0.39 is 0 Å². The zero-order valence-electron chi connectivity index (χ0n) is 18.9. The van der Waals surface area contributed by atoms with E-state index in [4.69, 9.17) is 9.62 Å². The van der Waals surface area contributed by atoms with Crippen molar-refractivity contribution in [3.63, 3.8) is 0 Å². The van der Waals surface area contributed by atoms with Crippen molar-refractivity contribution in [3.05, 3.63) is 113 Å². The molecule has 0 saturated heterocycles. The van der Waals surface area contributed by atoms with E-state index in [1.165, 1.54) is 9.20 Å². The van der Waals surface area contributed by atoms with Gasteiger partial charge in [-0.05, 0) is 35.7 Å². The van der Waals surface area contributed by atoms with Crippen molar-refractivity contribution < 1.29 is 4.52 Å². The Kier molecular flexibility index (Phi) is 5.03. The van der Waals surface area contributed by atoms with Gasteiger partial charge in [-0.25, -0.2) is 9.48 Å². The first-order chi connectivity index (χ1) is 17.2. The van der Waals surface area contributed by atoms with Crippen LogP contribution in [0.2, 0.25) is 0 Å². The van der Waals surface area contributed by atoms with E-state index >= 15 is 0 Å². The van der Waals surface area contributed by atoms with Gasteiger partial charge in [-0.15, -0.1) is 5.10 Å². The highest BCUT2D eigenvalue weighted by molar-refractivity contribution is 5.91. The minimum Gasteiger partial charge on any atom is -0.356 e. The summed E-state index contributed by atoms with van der Waals surface area (Å²) < 4.78 is 8.01. The smallest absolute Gasteiger partial charge is 0.356 e. The van der Waals surface area contributed by atoms with Crippen molar-refractivity contribution in [2.24, 2.45) is 0 Å². The number of rotatable bonds is 5. The molecule has 0 spiro atoms. The van der Waals surface area contributed by atoms with Crippen molar-refractivity contribution in [2.75, 3.05) is 0 Å². The van der Waals surface area contributed by atoms with Crippen LogP contribution < -0.4 is 5.69 Å². The Morgan fingerprint density at radius 3 is 2.46 bits per heavy atom. The number of aryl methyl sites for hydroxylation is 1. The van der Waals surface area contributed by atoms with E-state index in [0.29, 0.717) is 18.0 Å². The minimum absolute atomic E-state index is 0.301. The van der Waals surface area contributed by atoms with Gasteiger partial charge in [-0.2, -0.15) is 9.61 Å². The predicted molar refractivity (Wildman–Crippen MR) is 132 cm³/mol. The molecule has 0 aliphatic rings. The van der Waals surface area contributed by atoms with E-state index in [-0.39, 0.29) is 5.69 Å². The van der Waals surface area contributed by atoms with Crippen LogP contribution in [0.1, 0.15) is 11.1 Å². The van der Waals surface area contributed by atoms with Crippen LogP contribution in [0.15, 0.2) is 101 Å². The monoisotopic (exact) mass is 460 g/mol. The van der Waals surface area contributed by atoms with Crippen LogP contribution in [0.5, 0.6) is 0 Å². The van der Waals surface area contributed by atoms with E-state index in [9.17, 15) is 4.79 Å². The maximum absolute atomic E-state index is 13.2. The van der Waals surface area contributed by atoms with Crippen molar-refractivity contribution >= 4 is 5.65 Å². The van der Waals surface area contributed by atoms with Crippen molar-refractivity contribution in [1.82, 2.24) is 29.5 Å². The lowest BCUT2D eigenvalue weighted by Crippen LogP contribution is -2.22. The zero-order valence-corrected chi connectivity index (χ0v) is 18.9. The van der Waals surface area contributed by atoms with Gasteiger partial charge < -0.3 is 4.52 Å². The summed E-state index contributed by atoms with van der Waals surface area (Å²) in [6.45, 7) is 2.36. The summed E-state index contributed by atoms with van der Waals surface area (Å²) >= 11 is 0. The molecule has 8 nitrogen and oxygen atoms in total. The van der Waals surface area contributed by atoms with Crippen LogP contribution >= 0.6 is 0 Å². The minimum atomic E-state index is -0.301. The summed E-state index contributed by atoms with van der Waals surface area (Å²) in [4.78, 5) is 17.4. The van der Waals surface area contributed by atoms with Crippen LogP contribution in [0, 0.1) is 6.92 Å². The standard InChI is InChI=1S/C27H20N6O2/c1-18-3-2-4-22(15-18)23-16-29-33-26(25(23)21-9-12-28-13-10-21)31-32(27(33)34)17-19-5-7-20(8-6-19)24-11-14-30-35-24/h2-16H,17H2,1H3. The SMILES string of the molecule is Cc1cccc(-c2cnn3c(=O)n(Cc4ccc(-c5ccno5)cc4)nc3c2-c2ccncc2)c1. The van der Waals surface area contributed by atoms with Gasteiger partial charge in [0.15, 0.2) is 11.4 Å². The second kappa shape index (κ2) is 8.49. The zero-order chi connectivity index (χ0) is 23.8. The average Bonchev–Trinajstić information content (AvgIpc) is 3.53. The van der Waals surface area contributed by atoms with Gasteiger partial charge in [-0.3, -0.25) is 4.98 Å². The Morgan fingerprint density at radius 1 is 0.886 bits per heavy atom. The fourth-order valence-electron chi connectivity index (χ4n) is 4.21. The van der Waals surface area contributed by atoms with Gasteiger partial charge in [0.05, 0.1) is 18.9 Å². The number of nitrogens with zero attached hydrogens (tertiary/aromatic N) is 6. The Labute approximate surface area is 200 Å². The molecular weight excluding hydrogens is 440 g/mol. The molecule has 35 heavy (non-hydrogen) atoms. The molecule has 2 aromatic carbocycles. The van der Waals surface area contributed by atoms with Gasteiger partial charge >= 0.3 is 5.69 Å². The van der Waals surface area contributed by atoms with E-state index in [1.54, 1.807) is 30.9 Å². The fraction of sp³-hybridized carbons (Fsp3) is 0.0741. The lowest BCUT2D eigenvalue weighted by molar-refractivity contribution is 0.432. The Morgan fingerprint density at radius 2 is 1.71 bits per heavy atom. The van der Waals surface area contributed by atoms with Gasteiger partial charge in [-0.1, -0.05) is 59.3 Å². The predicted octanol–water partition coefficient (Wildman–Crippen LogP) is 4.63. The lowest BCUT2D eigenvalue weighted by atomic mass is 9.97. The van der Waals surface area contributed by atoms with Gasteiger partial charge in [0, 0.05) is 35.2 Å². The summed E-state index contributed by atoms with van der Waals surface area (Å²) in [7, 11) is 0. The molecule has 170 valence electrons. The highest BCUT2D eigenvalue weighted by atomic mass is 16.5. The van der Waals surface area contributed by atoms with Crippen LogP contribution in [0.4, 0.5) is 0 Å². The van der Waals surface area contributed by atoms with Crippen molar-refractivity contribution in [2.45, 2.75) is 13.5 Å². The maximum Gasteiger partial charge on any atom is 0.367 e. The van der Waals surface area contributed by atoms with E-state index in [1.807, 2.05) is 48.5 Å². The molecular formula is C27H20N6O2. The molecule has 0 unspecified atom stereocenters. The number of fused-ring (bicyclic) bond motifs is 1. The van der Waals surface area contributed by atoms with Crippen LogP contribution in [0.25, 0.3) is 39.2 Å². The fourth-order valence-corrected chi connectivity index (χ4v) is 4.21. The highest BCUT2D eigenvalue weighted by Gasteiger charge is 2.19. The van der Waals surface area contributed by atoms with Crippen LogP contribution in [-0.4, -0.2) is 29.5 Å². The number of benzene rings is 2. The number of aromatic nitrogens is 6. The third-order valence-corrected chi connectivity index (χ3v) is 5.92. The summed E-state index contributed by atoms with van der Waals surface area (Å²) in [5, 5.41) is 12.9. The molecule has 0 aliphatic carbocycles. The molecule has 0 saturated carbocycles. The van der Waals surface area contributed by atoms with Crippen LogP contribution in [0.3, 0.4) is 0 Å². The molecule has 0 aliphatic heterocycles. The molecule has 0 fully saturated rings. The van der Waals surface area contributed by atoms with Gasteiger partial charge in [0.25, 0.3) is 0 Å². The summed E-state index contributed by atoms with van der Waals surface area (Å²) in [5.41, 5.74) is 6.85. The maximum atomic E-state index is 13.2. The molecule has 0 amide bonds. The quantitative estimate of drug-likeness (QED) is 0.373. The molecule has 0 N–H and O–H groups in total. The third-order valence-electron chi connectivity index (χ3n) is 5.92. The summed E-state index contributed by atoms with van der Waals surface area (Å²) in [6, 6.07) is 21.6. The Hall–Kier alpha value is -4.85. The third kappa shape index (κ3) is 3.80. The number of pyridine rings is 1. The first-order valence-corrected chi connectivity index (χ1v) is 11.1. The van der Waals surface area contributed by atoms with Gasteiger partial charge in [0.1, 0.15) is 0 Å². The second-order valence-corrected chi connectivity index (χ2v) is 8.29. The summed E-state index contributed by atoms with van der Waals surface area (Å²) in [6.07, 6.45) is 6.81. The van der Waals surface area contributed by atoms with Crippen molar-refractivity contribution in [1.29, 1.82) is 0 Å². The van der Waals surface area contributed by atoms with Gasteiger partial charge in [0.2, 0.25) is 0 Å². The molecule has 8 heteroatoms. The molecule has 0 bridgehead atoms. The molecule has 4 heterocycles. The van der Waals surface area contributed by atoms with Crippen molar-refractivity contribution in [3.8, 4) is 33.6 Å². The number of hydrogen-bond donors (Lipinski definition) is 0. The molecule has 0 radical (unpaired) electrons. The molecule has 6 aromatic rings. The second-order valence-electron chi connectivity index (χ2n) is 8.29. The normalized spacial score (nSPS) is 11.2. The Bertz CT molecular complexity index is 1680. The molecule has 6 rings (SSSR count). The number of hydrogen-bond acceptors (Lipinski definition) is 6. The lowest BCUT2D eigenvalue weighted by Gasteiger charge is -2.11. The topological polar surface area (TPSA) is 91.1 Å². The van der Waals surface area contributed by atoms with E-state index in [2.05, 4.69) is 34.3 Å². The first kappa shape index (κ1) is 20.7. The van der Waals surface area contributed by atoms with E-state index in [0.717, 1.165) is 38.9 Å². The Balaban J connectivity index is 1.47. The highest BCUT2D eigenvalue weighted by Crippen LogP contribution is 2.34. The first-order valence-electron chi connectivity index (χ1n) is 11.1. The largest absolute Gasteiger partial charge is 0.367 e.